The number of nitrogens with zero attached hydrogens (tertiary/aromatic N) is 3. The molecular formula is C22H28FN3O3. The van der Waals surface area contributed by atoms with E-state index < -0.39 is 6.10 Å². The second kappa shape index (κ2) is 7.20. The number of fused-ring (bicyclic) bond motifs is 2. The van der Waals surface area contributed by atoms with Crippen LogP contribution in [0.5, 0.6) is 5.75 Å². The average Bonchev–Trinajstić information content (AvgIpc) is 3.47. The molecule has 0 amide bonds. The lowest BCUT2D eigenvalue weighted by Gasteiger charge is -2.35. The number of anilines is 2. The molecule has 0 aromatic heterocycles. The summed E-state index contributed by atoms with van der Waals surface area (Å²) >= 11 is 0. The van der Waals surface area contributed by atoms with Crippen molar-refractivity contribution in [3.05, 3.63) is 29.2 Å². The molecule has 3 fully saturated rings. The van der Waals surface area contributed by atoms with Crippen LogP contribution in [-0.2, 0) is 0 Å². The molecule has 1 aromatic carbocycles. The molecule has 2 N–H and O–H groups in total. The second-order valence-electron chi connectivity index (χ2n) is 8.80. The van der Waals surface area contributed by atoms with E-state index in [1.807, 2.05) is 0 Å². The molecule has 1 unspecified atom stereocenters. The maximum Gasteiger partial charge on any atom is 0.169 e. The summed E-state index contributed by atoms with van der Waals surface area (Å²) in [5.74, 6) is 1.39. The highest BCUT2D eigenvalue weighted by Gasteiger charge is 2.41. The van der Waals surface area contributed by atoms with Crippen molar-refractivity contribution in [2.75, 3.05) is 30.0 Å². The first-order valence-corrected chi connectivity index (χ1v) is 10.6. The van der Waals surface area contributed by atoms with E-state index in [0.29, 0.717) is 34.4 Å². The van der Waals surface area contributed by atoms with Crippen LogP contribution in [0, 0.1) is 17.7 Å². The van der Waals surface area contributed by atoms with Gasteiger partial charge in [-0.25, -0.2) is 4.39 Å². The summed E-state index contributed by atoms with van der Waals surface area (Å²) in [7, 11) is 1.58. The number of aliphatic hydroxyl groups excluding tert-OH is 1. The normalized spacial score (nSPS) is 29.1. The lowest BCUT2D eigenvalue weighted by Crippen LogP contribution is -2.29. The van der Waals surface area contributed by atoms with Crippen LogP contribution in [0.1, 0.15) is 50.2 Å². The van der Waals surface area contributed by atoms with Crippen LogP contribution in [0.4, 0.5) is 15.8 Å². The Morgan fingerprint density at radius 1 is 1.14 bits per heavy atom. The zero-order valence-electron chi connectivity index (χ0n) is 16.7. The first kappa shape index (κ1) is 18.7. The maximum absolute atomic E-state index is 15.4. The minimum atomic E-state index is -1.06. The molecule has 156 valence electrons. The minimum absolute atomic E-state index is 0.289. The van der Waals surface area contributed by atoms with E-state index in [-0.39, 0.29) is 11.9 Å². The largest absolute Gasteiger partial charge is 0.492 e. The van der Waals surface area contributed by atoms with Crippen LogP contribution in [0.15, 0.2) is 23.0 Å². The summed E-state index contributed by atoms with van der Waals surface area (Å²) in [4.78, 5) is 4.21. The molecule has 4 aliphatic rings. The lowest BCUT2D eigenvalue weighted by molar-refractivity contribution is 0.218. The number of halogens is 1. The van der Waals surface area contributed by atoms with E-state index in [2.05, 4.69) is 15.0 Å². The number of oxime groups is 1. The Balaban J connectivity index is 1.61. The van der Waals surface area contributed by atoms with E-state index in [1.54, 1.807) is 13.3 Å². The highest BCUT2D eigenvalue weighted by Crippen LogP contribution is 2.52. The molecule has 0 radical (unpaired) electrons. The van der Waals surface area contributed by atoms with Gasteiger partial charge in [0.25, 0.3) is 0 Å². The number of ether oxygens (including phenoxy) is 1. The van der Waals surface area contributed by atoms with Crippen molar-refractivity contribution in [3.63, 3.8) is 0 Å². The Hall–Kier alpha value is -2.28. The lowest BCUT2D eigenvalue weighted by atomic mass is 9.82. The first-order chi connectivity index (χ1) is 14.1. The average molecular weight is 401 g/mol. The summed E-state index contributed by atoms with van der Waals surface area (Å²) in [6.45, 7) is 1.72. The predicted octanol–water partition coefficient (Wildman–Crippen LogP) is 3.82. The van der Waals surface area contributed by atoms with E-state index in [9.17, 15) is 5.11 Å². The highest BCUT2D eigenvalue weighted by molar-refractivity contribution is 5.88. The highest BCUT2D eigenvalue weighted by atomic mass is 19.1. The Labute approximate surface area is 170 Å². The Morgan fingerprint density at radius 2 is 1.83 bits per heavy atom. The minimum Gasteiger partial charge on any atom is -0.492 e. The van der Waals surface area contributed by atoms with Gasteiger partial charge in [-0.3, -0.25) is 0 Å². The molecule has 0 bridgehead atoms. The molecular weight excluding hydrogens is 373 g/mol. The van der Waals surface area contributed by atoms with Crippen molar-refractivity contribution in [1.29, 1.82) is 0 Å². The third-order valence-electron chi connectivity index (χ3n) is 7.01. The van der Waals surface area contributed by atoms with E-state index >= 15 is 4.39 Å². The molecule has 2 saturated carbocycles. The molecule has 5 rings (SSSR count). The number of aliphatic hydroxyl groups is 1. The van der Waals surface area contributed by atoms with E-state index in [1.165, 1.54) is 38.0 Å². The fraction of sp³-hybridized carbons (Fsp3) is 0.591. The zero-order chi connectivity index (χ0) is 20.1. The molecule has 6 nitrogen and oxygen atoms in total. The quantitative estimate of drug-likeness (QED) is 0.456. The molecule has 0 spiro atoms. The van der Waals surface area contributed by atoms with Gasteiger partial charge in [-0.1, -0.05) is 18.0 Å². The number of methoxy groups -OCH3 is 1. The Kier molecular flexibility index (Phi) is 4.65. The third kappa shape index (κ3) is 3.06. The first-order valence-electron chi connectivity index (χ1n) is 10.6. The topological polar surface area (TPSA) is 68.5 Å². The molecule has 7 heteroatoms. The van der Waals surface area contributed by atoms with Crippen molar-refractivity contribution < 1.29 is 19.4 Å². The van der Waals surface area contributed by atoms with Crippen molar-refractivity contribution in [3.8, 4) is 5.75 Å². The summed E-state index contributed by atoms with van der Waals surface area (Å²) < 4.78 is 21.2. The monoisotopic (exact) mass is 401 g/mol. The van der Waals surface area contributed by atoms with Gasteiger partial charge >= 0.3 is 0 Å². The Bertz CT molecular complexity index is 853. The van der Waals surface area contributed by atoms with Gasteiger partial charge in [0.2, 0.25) is 0 Å². The van der Waals surface area contributed by atoms with E-state index in [4.69, 9.17) is 9.94 Å². The maximum atomic E-state index is 15.4. The third-order valence-corrected chi connectivity index (χ3v) is 7.01. The van der Waals surface area contributed by atoms with Crippen molar-refractivity contribution >= 4 is 17.6 Å². The van der Waals surface area contributed by atoms with Crippen LogP contribution in [0.3, 0.4) is 0 Å². The SMILES string of the molecule is COc1c(N2C[C@H]3CCCC[C@H]3C2)c(F)cc2c1N(C1CC1)C=C(/C=N/O)C2O. The molecule has 3 atom stereocenters. The van der Waals surface area contributed by atoms with Gasteiger partial charge in [0.1, 0.15) is 11.8 Å². The van der Waals surface area contributed by atoms with Gasteiger partial charge in [-0.05, 0) is 43.6 Å². The molecule has 2 aliphatic carbocycles. The summed E-state index contributed by atoms with van der Waals surface area (Å²) in [5.41, 5.74) is 2.16. The van der Waals surface area contributed by atoms with Crippen molar-refractivity contribution in [1.82, 2.24) is 0 Å². The smallest absolute Gasteiger partial charge is 0.169 e. The van der Waals surface area contributed by atoms with Gasteiger partial charge in [-0.2, -0.15) is 0 Å². The fourth-order valence-electron chi connectivity index (χ4n) is 5.46. The summed E-state index contributed by atoms with van der Waals surface area (Å²) in [6.07, 6.45) is 8.98. The number of hydrogen-bond donors (Lipinski definition) is 2. The molecule has 1 aromatic rings. The number of hydrogen-bond acceptors (Lipinski definition) is 6. The van der Waals surface area contributed by atoms with Crippen LogP contribution in [-0.4, -0.2) is 42.8 Å². The van der Waals surface area contributed by atoms with Crippen LogP contribution in [0.25, 0.3) is 0 Å². The van der Waals surface area contributed by atoms with Crippen LogP contribution < -0.4 is 14.5 Å². The van der Waals surface area contributed by atoms with Gasteiger partial charge in [0, 0.05) is 36.5 Å². The molecule has 1 saturated heterocycles. The second-order valence-corrected chi connectivity index (χ2v) is 8.80. The standard InChI is InChI=1S/C22H28FN3O3/c1-29-22-19-17(21(27)15(9-24-28)12-26(19)16-6-7-16)8-18(23)20(22)25-10-13-4-2-3-5-14(13)11-25/h8-9,12-14,16,21,27-28H,2-7,10-11H2,1H3/b24-9+/t13-,14+,21?. The van der Waals surface area contributed by atoms with Gasteiger partial charge in [-0.15, -0.1) is 0 Å². The Morgan fingerprint density at radius 3 is 2.41 bits per heavy atom. The van der Waals surface area contributed by atoms with Gasteiger partial charge in [0.05, 0.1) is 19.0 Å². The molecule has 29 heavy (non-hydrogen) atoms. The van der Waals surface area contributed by atoms with Crippen molar-refractivity contribution in [2.45, 2.75) is 50.7 Å². The van der Waals surface area contributed by atoms with Gasteiger partial charge < -0.3 is 24.9 Å². The van der Waals surface area contributed by atoms with Gasteiger partial charge in [0.15, 0.2) is 11.6 Å². The predicted molar refractivity (Wildman–Crippen MR) is 109 cm³/mol. The number of rotatable bonds is 4. The van der Waals surface area contributed by atoms with Crippen molar-refractivity contribution in [2.24, 2.45) is 17.0 Å². The van der Waals surface area contributed by atoms with Crippen LogP contribution in [0.2, 0.25) is 0 Å². The van der Waals surface area contributed by atoms with Crippen LogP contribution >= 0.6 is 0 Å². The fourth-order valence-corrected chi connectivity index (χ4v) is 5.46. The zero-order valence-corrected chi connectivity index (χ0v) is 16.7. The summed E-state index contributed by atoms with van der Waals surface area (Å²) in [5, 5.41) is 22.8. The number of benzene rings is 1. The summed E-state index contributed by atoms with van der Waals surface area (Å²) in [6, 6.07) is 1.73. The molecule has 2 heterocycles. The molecule has 2 aliphatic heterocycles. The van der Waals surface area contributed by atoms with E-state index in [0.717, 1.165) is 31.6 Å².